The fourth-order valence-corrected chi connectivity index (χ4v) is 1.50. The number of benzene rings is 1. The number of nitro groups is 1. The number of rotatable bonds is 4. The zero-order chi connectivity index (χ0) is 13.8. The third-order valence-corrected chi connectivity index (χ3v) is 2.39. The third kappa shape index (κ3) is 2.68. The first-order chi connectivity index (χ1) is 9.11. The number of nitro benzene ring substituents is 1. The van der Waals surface area contributed by atoms with Crippen LogP contribution in [-0.2, 0) is 0 Å². The minimum atomic E-state index is -0.604. The molecule has 0 saturated carbocycles. The molecule has 8 heteroatoms. The fourth-order valence-electron chi connectivity index (χ4n) is 1.50. The van der Waals surface area contributed by atoms with Crippen LogP contribution in [0.2, 0.25) is 0 Å². The van der Waals surface area contributed by atoms with Gasteiger partial charge in [-0.1, -0.05) is 0 Å². The molecule has 0 fully saturated rings. The first-order valence-electron chi connectivity index (χ1n) is 5.24. The summed E-state index contributed by atoms with van der Waals surface area (Å²) < 4.78 is 4.86. The SMILES string of the molecule is COc1ccc(C(=O)Nc2cn[nH]c2)cc1[N+](=O)[O-]. The predicted molar refractivity (Wildman–Crippen MR) is 66.2 cm³/mol. The maximum Gasteiger partial charge on any atom is 0.311 e. The molecule has 0 atom stereocenters. The van der Waals surface area contributed by atoms with Crippen LogP contribution in [0.15, 0.2) is 30.6 Å². The van der Waals surface area contributed by atoms with Gasteiger partial charge in [-0.2, -0.15) is 5.10 Å². The van der Waals surface area contributed by atoms with Crippen molar-refractivity contribution in [1.82, 2.24) is 10.2 Å². The lowest BCUT2D eigenvalue weighted by Gasteiger charge is -2.05. The van der Waals surface area contributed by atoms with Crippen LogP contribution in [0, 0.1) is 10.1 Å². The number of hydrogen-bond acceptors (Lipinski definition) is 5. The smallest absolute Gasteiger partial charge is 0.311 e. The first kappa shape index (κ1) is 12.6. The average Bonchev–Trinajstić information content (AvgIpc) is 2.90. The van der Waals surface area contributed by atoms with Crippen LogP contribution in [0.5, 0.6) is 5.75 Å². The Hall–Kier alpha value is -2.90. The summed E-state index contributed by atoms with van der Waals surface area (Å²) in [5.41, 5.74) is 0.375. The Bertz CT molecular complexity index is 609. The maximum atomic E-state index is 11.9. The Balaban J connectivity index is 2.27. The zero-order valence-electron chi connectivity index (χ0n) is 9.91. The van der Waals surface area contributed by atoms with Crippen molar-refractivity contribution < 1.29 is 14.5 Å². The standard InChI is InChI=1S/C11H10N4O4/c1-19-10-3-2-7(4-9(10)15(17)18)11(16)14-8-5-12-13-6-8/h2-6H,1H3,(H,12,13)(H,14,16). The molecule has 0 unspecified atom stereocenters. The van der Waals surface area contributed by atoms with Crippen molar-refractivity contribution in [2.45, 2.75) is 0 Å². The molecule has 0 aliphatic rings. The highest BCUT2D eigenvalue weighted by Crippen LogP contribution is 2.27. The second-order valence-electron chi connectivity index (χ2n) is 3.58. The van der Waals surface area contributed by atoms with E-state index < -0.39 is 10.8 Å². The van der Waals surface area contributed by atoms with E-state index in [1.54, 1.807) is 0 Å². The number of H-pyrrole nitrogens is 1. The van der Waals surface area contributed by atoms with E-state index in [4.69, 9.17) is 4.74 Å². The number of nitrogens with zero attached hydrogens (tertiary/aromatic N) is 2. The largest absolute Gasteiger partial charge is 0.490 e. The minimum absolute atomic E-state index is 0.102. The summed E-state index contributed by atoms with van der Waals surface area (Å²) >= 11 is 0. The van der Waals surface area contributed by atoms with E-state index in [1.807, 2.05) is 0 Å². The van der Waals surface area contributed by atoms with Gasteiger partial charge in [-0.3, -0.25) is 20.0 Å². The molecule has 0 saturated heterocycles. The summed E-state index contributed by atoms with van der Waals surface area (Å²) in [6.45, 7) is 0. The molecular weight excluding hydrogens is 252 g/mol. The lowest BCUT2D eigenvalue weighted by atomic mass is 10.1. The highest BCUT2D eigenvalue weighted by molar-refractivity contribution is 6.04. The summed E-state index contributed by atoms with van der Waals surface area (Å²) in [7, 11) is 1.33. The summed E-state index contributed by atoms with van der Waals surface area (Å²) in [6.07, 6.45) is 2.92. The number of carbonyl (C=O) groups excluding carboxylic acids is 1. The Morgan fingerprint density at radius 3 is 2.89 bits per heavy atom. The molecule has 8 nitrogen and oxygen atoms in total. The second kappa shape index (κ2) is 5.17. The summed E-state index contributed by atoms with van der Waals surface area (Å²) in [4.78, 5) is 22.1. The van der Waals surface area contributed by atoms with Crippen molar-refractivity contribution in [3.8, 4) is 5.75 Å². The van der Waals surface area contributed by atoms with Gasteiger partial charge in [0, 0.05) is 17.8 Å². The molecule has 19 heavy (non-hydrogen) atoms. The highest BCUT2D eigenvalue weighted by Gasteiger charge is 2.18. The topological polar surface area (TPSA) is 110 Å². The monoisotopic (exact) mass is 262 g/mol. The number of methoxy groups -OCH3 is 1. The molecule has 0 bridgehead atoms. The van der Waals surface area contributed by atoms with E-state index >= 15 is 0 Å². The van der Waals surface area contributed by atoms with Crippen LogP contribution < -0.4 is 10.1 Å². The zero-order valence-corrected chi connectivity index (χ0v) is 9.91. The van der Waals surface area contributed by atoms with E-state index in [9.17, 15) is 14.9 Å². The van der Waals surface area contributed by atoms with E-state index in [1.165, 1.54) is 31.6 Å². The third-order valence-electron chi connectivity index (χ3n) is 2.39. The number of aromatic nitrogens is 2. The Morgan fingerprint density at radius 1 is 1.53 bits per heavy atom. The van der Waals surface area contributed by atoms with Crippen LogP contribution in [0.1, 0.15) is 10.4 Å². The maximum absolute atomic E-state index is 11.9. The Labute approximate surface area is 107 Å². The summed E-state index contributed by atoms with van der Waals surface area (Å²) in [5, 5.41) is 19.6. The molecule has 0 spiro atoms. The average molecular weight is 262 g/mol. The van der Waals surface area contributed by atoms with E-state index in [-0.39, 0.29) is 17.0 Å². The quantitative estimate of drug-likeness (QED) is 0.642. The van der Waals surface area contributed by atoms with Gasteiger partial charge in [0.05, 0.1) is 23.9 Å². The van der Waals surface area contributed by atoms with Crippen molar-refractivity contribution in [1.29, 1.82) is 0 Å². The summed E-state index contributed by atoms with van der Waals surface area (Å²) in [6, 6.07) is 3.98. The predicted octanol–water partition coefficient (Wildman–Crippen LogP) is 1.58. The van der Waals surface area contributed by atoms with Gasteiger partial charge in [-0.25, -0.2) is 0 Å². The molecule has 2 aromatic rings. The fraction of sp³-hybridized carbons (Fsp3) is 0.0909. The molecule has 0 radical (unpaired) electrons. The van der Waals surface area contributed by atoms with Gasteiger partial charge >= 0.3 is 5.69 Å². The van der Waals surface area contributed by atoms with Crippen molar-refractivity contribution in [3.63, 3.8) is 0 Å². The minimum Gasteiger partial charge on any atom is -0.490 e. The van der Waals surface area contributed by atoms with E-state index in [2.05, 4.69) is 15.5 Å². The van der Waals surface area contributed by atoms with Crippen LogP contribution in [0.25, 0.3) is 0 Å². The number of hydrogen-bond donors (Lipinski definition) is 2. The highest BCUT2D eigenvalue weighted by atomic mass is 16.6. The van der Waals surface area contributed by atoms with E-state index in [0.29, 0.717) is 5.69 Å². The molecule has 1 aromatic heterocycles. The van der Waals surface area contributed by atoms with Gasteiger partial charge in [0.15, 0.2) is 5.75 Å². The van der Waals surface area contributed by atoms with Gasteiger partial charge in [-0.05, 0) is 12.1 Å². The Kier molecular flexibility index (Phi) is 3.42. The number of anilines is 1. The number of carbonyl (C=O) groups is 1. The first-order valence-corrected chi connectivity index (χ1v) is 5.24. The lowest BCUT2D eigenvalue weighted by molar-refractivity contribution is -0.385. The number of aromatic amines is 1. The van der Waals surface area contributed by atoms with Gasteiger partial charge < -0.3 is 10.1 Å². The van der Waals surface area contributed by atoms with Crippen molar-refractivity contribution >= 4 is 17.3 Å². The molecule has 0 aliphatic heterocycles. The molecule has 1 heterocycles. The van der Waals surface area contributed by atoms with Gasteiger partial charge in [0.1, 0.15) is 0 Å². The van der Waals surface area contributed by atoms with Crippen LogP contribution in [-0.4, -0.2) is 28.1 Å². The van der Waals surface area contributed by atoms with Crippen LogP contribution in [0.3, 0.4) is 0 Å². The van der Waals surface area contributed by atoms with Crippen molar-refractivity contribution in [2.75, 3.05) is 12.4 Å². The molecule has 2 N–H and O–H groups in total. The molecule has 1 amide bonds. The number of ether oxygens (including phenoxy) is 1. The lowest BCUT2D eigenvalue weighted by Crippen LogP contribution is -2.11. The summed E-state index contributed by atoms with van der Waals surface area (Å²) in [5.74, 6) is -0.364. The molecule has 0 aliphatic carbocycles. The van der Waals surface area contributed by atoms with Crippen molar-refractivity contribution in [2.24, 2.45) is 0 Å². The van der Waals surface area contributed by atoms with Gasteiger partial charge in [0.25, 0.3) is 5.91 Å². The Morgan fingerprint density at radius 2 is 2.32 bits per heavy atom. The molecule has 2 rings (SSSR count). The van der Waals surface area contributed by atoms with Crippen molar-refractivity contribution in [3.05, 3.63) is 46.3 Å². The number of amides is 1. The normalized spacial score (nSPS) is 9.95. The van der Waals surface area contributed by atoms with Crippen LogP contribution in [0.4, 0.5) is 11.4 Å². The second-order valence-corrected chi connectivity index (χ2v) is 3.58. The van der Waals surface area contributed by atoms with Crippen LogP contribution >= 0.6 is 0 Å². The molecule has 1 aromatic carbocycles. The molecular formula is C11H10N4O4. The van der Waals surface area contributed by atoms with Gasteiger partial charge in [0.2, 0.25) is 0 Å². The number of nitrogens with one attached hydrogen (secondary N) is 2. The van der Waals surface area contributed by atoms with Gasteiger partial charge in [-0.15, -0.1) is 0 Å². The molecule has 98 valence electrons. The van der Waals surface area contributed by atoms with E-state index in [0.717, 1.165) is 6.07 Å².